The average molecular weight is 284 g/mol. The lowest BCUT2D eigenvalue weighted by molar-refractivity contribution is -0.133. The van der Waals surface area contributed by atoms with Crippen LogP contribution in [0.3, 0.4) is 0 Å². The van der Waals surface area contributed by atoms with Crippen LogP contribution in [0.15, 0.2) is 0 Å². The van der Waals surface area contributed by atoms with E-state index in [4.69, 9.17) is 0 Å². The molecule has 0 aromatic rings. The topological polar surface area (TPSA) is 58.2 Å². The van der Waals surface area contributed by atoms with Crippen molar-refractivity contribution in [3.8, 4) is 0 Å². The van der Waals surface area contributed by atoms with Crippen molar-refractivity contribution in [2.75, 3.05) is 6.54 Å². The Kier molecular flexibility index (Phi) is 6.72. The van der Waals surface area contributed by atoms with Gasteiger partial charge in [-0.3, -0.25) is 9.59 Å². The van der Waals surface area contributed by atoms with E-state index in [-0.39, 0.29) is 28.6 Å². The molecule has 4 heteroatoms. The lowest BCUT2D eigenvalue weighted by atomic mass is 9.85. The van der Waals surface area contributed by atoms with Gasteiger partial charge < -0.3 is 10.6 Å². The number of rotatable bonds is 5. The van der Waals surface area contributed by atoms with Gasteiger partial charge in [-0.15, -0.1) is 0 Å². The summed E-state index contributed by atoms with van der Waals surface area (Å²) in [6.07, 6.45) is 0.770. The molecule has 2 amide bonds. The van der Waals surface area contributed by atoms with Crippen molar-refractivity contribution in [2.45, 2.75) is 67.9 Å². The van der Waals surface area contributed by atoms with Crippen molar-refractivity contribution in [2.24, 2.45) is 16.7 Å². The third kappa shape index (κ3) is 6.92. The number of hydrogen-bond donors (Lipinski definition) is 2. The fourth-order valence-electron chi connectivity index (χ4n) is 1.60. The van der Waals surface area contributed by atoms with Gasteiger partial charge in [-0.1, -0.05) is 55.4 Å². The van der Waals surface area contributed by atoms with E-state index in [1.54, 1.807) is 0 Å². The van der Waals surface area contributed by atoms with Crippen LogP contribution < -0.4 is 10.6 Å². The fraction of sp³-hybridized carbons (Fsp3) is 0.875. The molecule has 0 rings (SSSR count). The highest BCUT2D eigenvalue weighted by molar-refractivity contribution is 5.89. The second kappa shape index (κ2) is 7.09. The highest BCUT2D eigenvalue weighted by Crippen LogP contribution is 2.21. The molecule has 0 unspecified atom stereocenters. The van der Waals surface area contributed by atoms with Gasteiger partial charge >= 0.3 is 0 Å². The van der Waals surface area contributed by atoms with Crippen LogP contribution in [-0.2, 0) is 9.59 Å². The Labute approximate surface area is 124 Å². The lowest BCUT2D eigenvalue weighted by Gasteiger charge is -2.32. The molecule has 2 atom stereocenters. The first-order valence-electron chi connectivity index (χ1n) is 7.46. The molecule has 0 aromatic carbocycles. The maximum Gasteiger partial charge on any atom is 0.243 e. The van der Waals surface area contributed by atoms with Crippen LogP contribution in [0.4, 0.5) is 0 Å². The number of nitrogens with one attached hydrogen (secondary N) is 2. The minimum atomic E-state index is -0.508. The highest BCUT2D eigenvalue weighted by Gasteiger charge is 2.33. The van der Waals surface area contributed by atoms with Crippen LogP contribution in [0, 0.1) is 16.7 Å². The normalized spacial score (nSPS) is 15.4. The first-order valence-corrected chi connectivity index (χ1v) is 7.46. The number of amides is 2. The molecule has 0 aromatic heterocycles. The molecular formula is C16H32N2O2. The van der Waals surface area contributed by atoms with Crippen LogP contribution in [-0.4, -0.2) is 24.4 Å². The summed E-state index contributed by atoms with van der Waals surface area (Å²) in [6.45, 7) is 16.5. The Morgan fingerprint density at radius 3 is 1.85 bits per heavy atom. The first kappa shape index (κ1) is 18.9. The maximum atomic E-state index is 12.4. The molecule has 0 aliphatic heterocycles. The predicted molar refractivity (Wildman–Crippen MR) is 83.3 cm³/mol. The molecule has 0 heterocycles. The summed E-state index contributed by atoms with van der Waals surface area (Å²) in [5.74, 6) is -0.238. The second-order valence-electron chi connectivity index (χ2n) is 7.90. The van der Waals surface area contributed by atoms with Gasteiger partial charge in [0.05, 0.1) is 0 Å². The van der Waals surface area contributed by atoms with Crippen LogP contribution >= 0.6 is 0 Å². The molecule has 0 saturated carbocycles. The Hall–Kier alpha value is -1.06. The molecule has 4 nitrogen and oxygen atoms in total. The Morgan fingerprint density at radius 1 is 1.00 bits per heavy atom. The molecule has 0 spiro atoms. The second-order valence-corrected chi connectivity index (χ2v) is 7.90. The zero-order valence-corrected chi connectivity index (χ0v) is 14.4. The fourth-order valence-corrected chi connectivity index (χ4v) is 1.60. The number of hydrogen-bond acceptors (Lipinski definition) is 2. The van der Waals surface area contributed by atoms with Crippen molar-refractivity contribution < 1.29 is 9.59 Å². The van der Waals surface area contributed by atoms with Gasteiger partial charge in [0, 0.05) is 12.5 Å². The van der Waals surface area contributed by atoms with Crippen molar-refractivity contribution >= 4 is 11.8 Å². The molecule has 20 heavy (non-hydrogen) atoms. The highest BCUT2D eigenvalue weighted by atomic mass is 16.2. The van der Waals surface area contributed by atoms with Crippen LogP contribution in [0.5, 0.6) is 0 Å². The summed E-state index contributed by atoms with van der Waals surface area (Å²) in [6, 6.07) is -0.508. The van der Waals surface area contributed by atoms with Crippen LogP contribution in [0.25, 0.3) is 0 Å². The molecule has 0 aliphatic rings. The van der Waals surface area contributed by atoms with Crippen LogP contribution in [0.2, 0.25) is 0 Å². The molecule has 0 bridgehead atoms. The Balaban J connectivity index is 4.82. The van der Waals surface area contributed by atoms with E-state index in [1.807, 2.05) is 34.6 Å². The van der Waals surface area contributed by atoms with Gasteiger partial charge in [0.1, 0.15) is 6.04 Å². The van der Waals surface area contributed by atoms with E-state index in [9.17, 15) is 9.59 Å². The summed E-state index contributed by atoms with van der Waals surface area (Å²) in [5, 5.41) is 5.83. The predicted octanol–water partition coefficient (Wildman–Crippen LogP) is 2.73. The lowest BCUT2D eigenvalue weighted by Crippen LogP contribution is -2.55. The number of carbonyl (C=O) groups excluding carboxylic acids is 2. The third-order valence-corrected chi connectivity index (χ3v) is 3.27. The molecule has 2 N–H and O–H groups in total. The van der Waals surface area contributed by atoms with E-state index in [0.29, 0.717) is 6.54 Å². The minimum Gasteiger partial charge on any atom is -0.354 e. The van der Waals surface area contributed by atoms with Crippen molar-refractivity contribution in [3.63, 3.8) is 0 Å². The number of carbonyl (C=O) groups is 2. The summed E-state index contributed by atoms with van der Waals surface area (Å²) in [4.78, 5) is 24.4. The van der Waals surface area contributed by atoms with Gasteiger partial charge in [0.15, 0.2) is 0 Å². The standard InChI is InChI=1S/C16H32N2O2/c1-9-11(2)13(19)18-12(16(6,7)8)14(20)17-10-15(3,4)5/h11-12H,9-10H2,1-8H3,(H,17,20)(H,18,19)/t11-,12+/m0/s1. The summed E-state index contributed by atoms with van der Waals surface area (Å²) < 4.78 is 0. The summed E-state index contributed by atoms with van der Waals surface area (Å²) in [7, 11) is 0. The molecular weight excluding hydrogens is 252 g/mol. The average Bonchev–Trinajstić information content (AvgIpc) is 2.29. The molecule has 0 fully saturated rings. The molecule has 0 radical (unpaired) electrons. The van der Waals surface area contributed by atoms with Crippen molar-refractivity contribution in [1.29, 1.82) is 0 Å². The largest absolute Gasteiger partial charge is 0.354 e. The minimum absolute atomic E-state index is 0.0266. The Bertz CT molecular complexity index is 337. The summed E-state index contributed by atoms with van der Waals surface area (Å²) in [5.41, 5.74) is -0.288. The molecule has 0 saturated heterocycles. The third-order valence-electron chi connectivity index (χ3n) is 3.27. The quantitative estimate of drug-likeness (QED) is 0.815. The molecule has 0 aliphatic carbocycles. The van der Waals surface area contributed by atoms with E-state index in [2.05, 4.69) is 31.4 Å². The zero-order valence-electron chi connectivity index (χ0n) is 14.4. The van der Waals surface area contributed by atoms with Crippen LogP contribution in [0.1, 0.15) is 61.8 Å². The molecule has 118 valence electrons. The van der Waals surface area contributed by atoms with E-state index < -0.39 is 6.04 Å². The zero-order chi connectivity index (χ0) is 16.1. The van der Waals surface area contributed by atoms with E-state index in [1.165, 1.54) is 0 Å². The monoisotopic (exact) mass is 284 g/mol. The summed E-state index contributed by atoms with van der Waals surface area (Å²) >= 11 is 0. The van der Waals surface area contributed by atoms with E-state index in [0.717, 1.165) is 6.42 Å². The maximum absolute atomic E-state index is 12.4. The van der Waals surface area contributed by atoms with Gasteiger partial charge in [-0.05, 0) is 17.3 Å². The Morgan fingerprint density at radius 2 is 1.50 bits per heavy atom. The van der Waals surface area contributed by atoms with Gasteiger partial charge in [0.2, 0.25) is 11.8 Å². The SMILES string of the molecule is CC[C@H](C)C(=O)N[C@H](C(=O)NCC(C)(C)C)C(C)(C)C. The van der Waals surface area contributed by atoms with E-state index >= 15 is 0 Å². The van der Waals surface area contributed by atoms with Gasteiger partial charge in [-0.25, -0.2) is 0 Å². The first-order chi connectivity index (χ1) is 8.88. The van der Waals surface area contributed by atoms with Crippen molar-refractivity contribution in [1.82, 2.24) is 10.6 Å². The van der Waals surface area contributed by atoms with Gasteiger partial charge in [-0.2, -0.15) is 0 Å². The van der Waals surface area contributed by atoms with Crippen molar-refractivity contribution in [3.05, 3.63) is 0 Å². The van der Waals surface area contributed by atoms with Gasteiger partial charge in [0.25, 0.3) is 0 Å². The smallest absolute Gasteiger partial charge is 0.243 e.